The Morgan fingerprint density at radius 1 is 0.778 bits per heavy atom. The van der Waals surface area contributed by atoms with Crippen molar-refractivity contribution >= 4 is 11.6 Å². The number of allylic oxidation sites excluding steroid dienone is 1. The summed E-state index contributed by atoms with van der Waals surface area (Å²) >= 11 is 6.06. The molecule has 1 aromatic rings. The molecule has 3 saturated carbocycles. The van der Waals surface area contributed by atoms with Crippen LogP contribution in [0.4, 0.5) is 0 Å². The van der Waals surface area contributed by atoms with E-state index in [1.807, 2.05) is 0 Å². The fraction of sp³-hybridized carbons (Fsp3) is 0.692. The molecule has 3 fully saturated rings. The van der Waals surface area contributed by atoms with Crippen molar-refractivity contribution in [2.24, 2.45) is 29.6 Å². The molecule has 0 saturated heterocycles. The van der Waals surface area contributed by atoms with Gasteiger partial charge in [-0.25, -0.2) is 0 Å². The number of hydrogen-bond acceptors (Lipinski definition) is 0. The lowest BCUT2D eigenvalue weighted by molar-refractivity contribution is 0.0621. The molecule has 3 aliphatic carbocycles. The molecule has 0 N–H and O–H groups in total. The van der Waals surface area contributed by atoms with Gasteiger partial charge in [0.05, 0.1) is 0 Å². The predicted octanol–water partition coefficient (Wildman–Crippen LogP) is 8.41. The van der Waals surface area contributed by atoms with Gasteiger partial charge < -0.3 is 0 Å². The third-order valence-electron chi connectivity index (χ3n) is 8.32. The number of halogens is 1. The van der Waals surface area contributed by atoms with Crippen LogP contribution >= 0.6 is 11.6 Å². The lowest BCUT2D eigenvalue weighted by atomic mass is 9.60. The van der Waals surface area contributed by atoms with Gasteiger partial charge in [-0.1, -0.05) is 36.2 Å². The van der Waals surface area contributed by atoms with E-state index in [9.17, 15) is 0 Å². The van der Waals surface area contributed by atoms with Gasteiger partial charge in [0.2, 0.25) is 0 Å². The predicted molar refractivity (Wildman–Crippen MR) is 117 cm³/mol. The second-order valence-corrected chi connectivity index (χ2v) is 10.2. The molecule has 0 aliphatic heterocycles. The van der Waals surface area contributed by atoms with Crippen molar-refractivity contribution in [2.75, 3.05) is 0 Å². The number of fused-ring (bicyclic) bond motifs is 1. The first-order chi connectivity index (χ1) is 13.2. The maximum Gasteiger partial charge on any atom is 0.0406 e. The van der Waals surface area contributed by atoms with E-state index in [2.05, 4.69) is 36.9 Å². The van der Waals surface area contributed by atoms with Crippen molar-refractivity contribution in [3.05, 3.63) is 47.5 Å². The van der Waals surface area contributed by atoms with Gasteiger partial charge in [0.1, 0.15) is 0 Å². The van der Waals surface area contributed by atoms with Crippen molar-refractivity contribution in [1.29, 1.82) is 0 Å². The van der Waals surface area contributed by atoms with Gasteiger partial charge in [0.15, 0.2) is 0 Å². The summed E-state index contributed by atoms with van der Waals surface area (Å²) in [4.78, 5) is 0. The molecule has 27 heavy (non-hydrogen) atoms. The van der Waals surface area contributed by atoms with Crippen molar-refractivity contribution in [1.82, 2.24) is 0 Å². The van der Waals surface area contributed by atoms with Gasteiger partial charge >= 0.3 is 0 Å². The minimum Gasteiger partial charge on any atom is -0.103 e. The maximum atomic E-state index is 6.06. The highest BCUT2D eigenvalue weighted by Crippen LogP contribution is 2.50. The SMILES string of the molecule is C=CCCC1CCC2CC(C3CCC(c4ccc(Cl)cc4)CC3)CCC2C1. The molecular formula is C26H37Cl. The molecule has 4 rings (SSSR count). The maximum absolute atomic E-state index is 6.06. The van der Waals surface area contributed by atoms with Crippen LogP contribution in [0.25, 0.3) is 0 Å². The van der Waals surface area contributed by atoms with Crippen LogP contribution in [0, 0.1) is 29.6 Å². The summed E-state index contributed by atoms with van der Waals surface area (Å²) in [5.74, 6) is 5.91. The standard InChI is InChI=1S/C26H37Cl/c1-2-3-4-19-5-6-25-18-24(12-11-23(25)17-19)22-9-7-20(8-10-22)21-13-15-26(27)16-14-21/h2,13-16,19-20,22-25H,1,3-12,17-18H2. The molecule has 0 radical (unpaired) electrons. The first kappa shape index (κ1) is 19.6. The van der Waals surface area contributed by atoms with Crippen molar-refractivity contribution in [3.8, 4) is 0 Å². The zero-order chi connectivity index (χ0) is 18.6. The quantitative estimate of drug-likeness (QED) is 0.447. The lowest BCUT2D eigenvalue weighted by Gasteiger charge is -2.45. The van der Waals surface area contributed by atoms with E-state index in [0.717, 1.165) is 40.5 Å². The first-order valence-corrected chi connectivity index (χ1v) is 12.0. The molecule has 148 valence electrons. The van der Waals surface area contributed by atoms with Crippen LogP contribution in [0.1, 0.15) is 88.5 Å². The third kappa shape index (κ3) is 4.81. The average Bonchev–Trinajstić information content (AvgIpc) is 2.72. The normalized spacial score (nSPS) is 36.8. The summed E-state index contributed by atoms with van der Waals surface area (Å²) in [5, 5.41) is 0.864. The smallest absolute Gasteiger partial charge is 0.0406 e. The highest BCUT2D eigenvalue weighted by molar-refractivity contribution is 6.30. The molecule has 0 nitrogen and oxygen atoms in total. The molecule has 1 heteroatoms. The molecule has 4 atom stereocenters. The fourth-order valence-corrected chi connectivity index (χ4v) is 6.85. The highest BCUT2D eigenvalue weighted by atomic mass is 35.5. The average molecular weight is 385 g/mol. The summed E-state index contributed by atoms with van der Waals surface area (Å²) in [5.41, 5.74) is 1.51. The van der Waals surface area contributed by atoms with Crippen LogP contribution < -0.4 is 0 Å². The molecule has 3 aliphatic rings. The summed E-state index contributed by atoms with van der Waals surface area (Å²) in [7, 11) is 0. The zero-order valence-electron chi connectivity index (χ0n) is 16.9. The van der Waals surface area contributed by atoms with Gasteiger partial charge in [-0.3, -0.25) is 0 Å². The molecule has 0 aromatic heterocycles. The Morgan fingerprint density at radius 2 is 1.37 bits per heavy atom. The summed E-state index contributed by atoms with van der Waals surface area (Å²) in [6.45, 7) is 3.91. The largest absolute Gasteiger partial charge is 0.103 e. The van der Waals surface area contributed by atoms with Crippen LogP contribution in [0.15, 0.2) is 36.9 Å². The van der Waals surface area contributed by atoms with Gasteiger partial charge in [-0.2, -0.15) is 0 Å². The second kappa shape index (κ2) is 9.17. The van der Waals surface area contributed by atoms with E-state index in [0.29, 0.717) is 0 Å². The van der Waals surface area contributed by atoms with Crippen LogP contribution in [0.2, 0.25) is 5.02 Å². The Hall–Kier alpha value is -0.750. The minimum absolute atomic E-state index is 0.773. The second-order valence-electron chi connectivity index (χ2n) is 9.80. The Bertz CT molecular complexity index is 595. The molecular weight excluding hydrogens is 348 g/mol. The van der Waals surface area contributed by atoms with Crippen LogP contribution in [0.5, 0.6) is 0 Å². The van der Waals surface area contributed by atoms with E-state index in [1.54, 1.807) is 6.42 Å². The molecule has 1 aromatic carbocycles. The Morgan fingerprint density at radius 3 is 2.07 bits per heavy atom. The van der Waals surface area contributed by atoms with E-state index < -0.39 is 0 Å². The summed E-state index contributed by atoms with van der Waals surface area (Å²) in [6.07, 6.45) is 19.5. The lowest BCUT2D eigenvalue weighted by Crippen LogP contribution is -2.34. The summed E-state index contributed by atoms with van der Waals surface area (Å²) in [6, 6.07) is 8.64. The molecule has 0 heterocycles. The van der Waals surface area contributed by atoms with Crippen molar-refractivity contribution in [2.45, 2.75) is 83.0 Å². The third-order valence-corrected chi connectivity index (χ3v) is 8.57. The van der Waals surface area contributed by atoms with E-state index in [1.165, 1.54) is 76.2 Å². The first-order valence-electron chi connectivity index (χ1n) is 11.6. The van der Waals surface area contributed by atoms with Crippen LogP contribution in [0.3, 0.4) is 0 Å². The topological polar surface area (TPSA) is 0 Å². The Kier molecular flexibility index (Phi) is 6.64. The number of rotatable bonds is 5. The van der Waals surface area contributed by atoms with Crippen molar-refractivity contribution < 1.29 is 0 Å². The van der Waals surface area contributed by atoms with Crippen molar-refractivity contribution in [3.63, 3.8) is 0 Å². The Balaban J connectivity index is 1.26. The fourth-order valence-electron chi connectivity index (χ4n) is 6.73. The van der Waals surface area contributed by atoms with Gasteiger partial charge in [-0.15, -0.1) is 6.58 Å². The summed E-state index contributed by atoms with van der Waals surface area (Å²) < 4.78 is 0. The monoisotopic (exact) mass is 384 g/mol. The van der Waals surface area contributed by atoms with Gasteiger partial charge in [0.25, 0.3) is 0 Å². The minimum atomic E-state index is 0.773. The van der Waals surface area contributed by atoms with E-state index in [-0.39, 0.29) is 0 Å². The van der Waals surface area contributed by atoms with E-state index in [4.69, 9.17) is 11.6 Å². The van der Waals surface area contributed by atoms with Gasteiger partial charge in [-0.05, 0) is 124 Å². The van der Waals surface area contributed by atoms with Gasteiger partial charge in [0, 0.05) is 5.02 Å². The number of benzene rings is 1. The highest BCUT2D eigenvalue weighted by Gasteiger charge is 2.38. The molecule has 4 unspecified atom stereocenters. The van der Waals surface area contributed by atoms with E-state index >= 15 is 0 Å². The van der Waals surface area contributed by atoms with Crippen LogP contribution in [-0.4, -0.2) is 0 Å². The number of hydrogen-bond donors (Lipinski definition) is 0. The molecule has 0 amide bonds. The zero-order valence-corrected chi connectivity index (χ0v) is 17.7. The molecule has 0 bridgehead atoms. The molecule has 0 spiro atoms. The Labute approximate surface area is 171 Å². The van der Waals surface area contributed by atoms with Crippen LogP contribution in [-0.2, 0) is 0 Å².